The predicted molar refractivity (Wildman–Crippen MR) is 73.3 cm³/mol. The largest absolute Gasteiger partial charge is 0.380 e. The summed E-state index contributed by atoms with van der Waals surface area (Å²) < 4.78 is 1.85. The summed E-state index contributed by atoms with van der Waals surface area (Å²) in [7, 11) is 1.63. The van der Waals surface area contributed by atoms with E-state index in [2.05, 4.69) is 39.5 Å². The lowest BCUT2D eigenvalue weighted by atomic mass is 10.2. The zero-order chi connectivity index (χ0) is 12.1. The zero-order valence-electron chi connectivity index (χ0n) is 9.66. The standard InChI is InChI=1S/C10H16BrN3OS/c1-7(4-5-16-3)13-8-6-12-14(2)10(15)9(8)11/h6-7,13H,4-5H2,1-3H3. The third kappa shape index (κ3) is 3.52. The second kappa shape index (κ2) is 6.30. The molecule has 4 nitrogen and oxygen atoms in total. The van der Waals surface area contributed by atoms with Gasteiger partial charge >= 0.3 is 0 Å². The van der Waals surface area contributed by atoms with Gasteiger partial charge < -0.3 is 5.32 Å². The monoisotopic (exact) mass is 305 g/mol. The van der Waals surface area contributed by atoms with Crippen molar-refractivity contribution in [3.8, 4) is 0 Å². The van der Waals surface area contributed by atoms with Crippen LogP contribution in [0.2, 0.25) is 0 Å². The summed E-state index contributed by atoms with van der Waals surface area (Å²) in [5.41, 5.74) is 0.638. The maximum Gasteiger partial charge on any atom is 0.282 e. The van der Waals surface area contributed by atoms with Crippen LogP contribution in [0, 0.1) is 0 Å². The zero-order valence-corrected chi connectivity index (χ0v) is 12.1. The van der Waals surface area contributed by atoms with Crippen LogP contribution >= 0.6 is 27.7 Å². The molecular weight excluding hydrogens is 290 g/mol. The Bertz CT molecular complexity index is 408. The Hall–Kier alpha value is -0.490. The van der Waals surface area contributed by atoms with Crippen LogP contribution in [0.5, 0.6) is 0 Å². The van der Waals surface area contributed by atoms with Gasteiger partial charge in [-0.2, -0.15) is 16.9 Å². The third-order valence-electron chi connectivity index (χ3n) is 2.24. The van der Waals surface area contributed by atoms with Gasteiger partial charge in [0.05, 0.1) is 11.9 Å². The number of anilines is 1. The van der Waals surface area contributed by atoms with Crippen molar-refractivity contribution in [3.63, 3.8) is 0 Å². The number of thioether (sulfide) groups is 1. The summed E-state index contributed by atoms with van der Waals surface area (Å²) in [6.07, 6.45) is 4.81. The van der Waals surface area contributed by atoms with Gasteiger partial charge in [0.15, 0.2) is 0 Å². The first-order valence-electron chi connectivity index (χ1n) is 5.03. The van der Waals surface area contributed by atoms with Gasteiger partial charge in [0.1, 0.15) is 4.47 Å². The molecule has 1 aromatic rings. The molecule has 6 heteroatoms. The van der Waals surface area contributed by atoms with Crippen molar-refractivity contribution in [1.29, 1.82) is 0 Å². The number of rotatable bonds is 5. The van der Waals surface area contributed by atoms with E-state index in [1.807, 2.05) is 11.8 Å². The number of aryl methyl sites for hydroxylation is 1. The molecule has 1 unspecified atom stereocenters. The van der Waals surface area contributed by atoms with Gasteiger partial charge in [0.25, 0.3) is 5.56 Å². The molecule has 1 atom stereocenters. The molecule has 0 fully saturated rings. The van der Waals surface area contributed by atoms with Gasteiger partial charge in [0, 0.05) is 13.1 Å². The molecule has 0 saturated heterocycles. The Morgan fingerprint density at radius 1 is 1.69 bits per heavy atom. The van der Waals surface area contributed by atoms with E-state index >= 15 is 0 Å². The van der Waals surface area contributed by atoms with Gasteiger partial charge in [-0.05, 0) is 41.3 Å². The van der Waals surface area contributed by atoms with Crippen LogP contribution in [0.4, 0.5) is 5.69 Å². The fourth-order valence-corrected chi connectivity index (χ4v) is 2.31. The SMILES string of the molecule is CSCCC(C)Nc1cnn(C)c(=O)c1Br. The van der Waals surface area contributed by atoms with E-state index in [9.17, 15) is 4.79 Å². The minimum atomic E-state index is -0.123. The molecule has 0 aromatic carbocycles. The molecule has 0 bridgehead atoms. The maximum absolute atomic E-state index is 11.6. The first-order chi connectivity index (χ1) is 7.56. The summed E-state index contributed by atoms with van der Waals surface area (Å²) in [5.74, 6) is 1.10. The van der Waals surface area contributed by atoms with Crippen LogP contribution in [0.15, 0.2) is 15.5 Å². The molecule has 0 aliphatic carbocycles. The highest BCUT2D eigenvalue weighted by molar-refractivity contribution is 9.10. The minimum absolute atomic E-state index is 0.123. The predicted octanol–water partition coefficient (Wildman–Crippen LogP) is 2.10. The van der Waals surface area contributed by atoms with Crippen LogP contribution in [-0.4, -0.2) is 27.8 Å². The first kappa shape index (κ1) is 13.6. The summed E-state index contributed by atoms with van der Waals surface area (Å²) in [6.45, 7) is 2.10. The Labute approximate surface area is 108 Å². The highest BCUT2D eigenvalue weighted by Crippen LogP contribution is 2.17. The van der Waals surface area contributed by atoms with Crippen LogP contribution in [0.1, 0.15) is 13.3 Å². The van der Waals surface area contributed by atoms with E-state index in [-0.39, 0.29) is 5.56 Å². The Balaban J connectivity index is 2.74. The van der Waals surface area contributed by atoms with Crippen LogP contribution in [0.3, 0.4) is 0 Å². The molecule has 1 heterocycles. The van der Waals surface area contributed by atoms with E-state index in [1.54, 1.807) is 13.2 Å². The number of halogens is 1. The van der Waals surface area contributed by atoms with Crippen molar-refractivity contribution in [1.82, 2.24) is 9.78 Å². The fraction of sp³-hybridized carbons (Fsp3) is 0.600. The lowest BCUT2D eigenvalue weighted by molar-refractivity contribution is 0.697. The Morgan fingerprint density at radius 3 is 3.00 bits per heavy atom. The van der Waals surface area contributed by atoms with Crippen molar-refractivity contribution in [2.75, 3.05) is 17.3 Å². The summed E-state index contributed by atoms with van der Waals surface area (Å²) in [4.78, 5) is 11.6. The molecule has 0 radical (unpaired) electrons. The lowest BCUT2D eigenvalue weighted by Crippen LogP contribution is -2.24. The van der Waals surface area contributed by atoms with E-state index in [0.29, 0.717) is 10.5 Å². The molecule has 0 amide bonds. The second-order valence-corrected chi connectivity index (χ2v) is 5.41. The minimum Gasteiger partial charge on any atom is -0.380 e. The van der Waals surface area contributed by atoms with Gasteiger partial charge in [-0.1, -0.05) is 0 Å². The first-order valence-corrected chi connectivity index (χ1v) is 7.22. The van der Waals surface area contributed by atoms with E-state index in [0.717, 1.165) is 17.9 Å². The van der Waals surface area contributed by atoms with Crippen LogP contribution in [0.25, 0.3) is 0 Å². The fourth-order valence-electron chi connectivity index (χ4n) is 1.24. The third-order valence-corrected chi connectivity index (χ3v) is 3.65. The van der Waals surface area contributed by atoms with Crippen molar-refractivity contribution in [2.24, 2.45) is 7.05 Å². The van der Waals surface area contributed by atoms with Crippen molar-refractivity contribution >= 4 is 33.4 Å². The Morgan fingerprint density at radius 2 is 2.38 bits per heavy atom. The highest BCUT2D eigenvalue weighted by Gasteiger charge is 2.09. The average Bonchev–Trinajstić information content (AvgIpc) is 2.27. The van der Waals surface area contributed by atoms with E-state index in [4.69, 9.17) is 0 Å². The van der Waals surface area contributed by atoms with Crippen molar-refractivity contribution in [3.05, 3.63) is 21.0 Å². The van der Waals surface area contributed by atoms with Gasteiger partial charge in [-0.25, -0.2) is 4.68 Å². The molecule has 0 aliphatic rings. The van der Waals surface area contributed by atoms with Crippen molar-refractivity contribution < 1.29 is 0 Å². The Kier molecular flexibility index (Phi) is 5.34. The molecule has 0 saturated carbocycles. The quantitative estimate of drug-likeness (QED) is 0.905. The van der Waals surface area contributed by atoms with Gasteiger partial charge in [0.2, 0.25) is 0 Å². The number of nitrogens with one attached hydrogen (secondary N) is 1. The highest BCUT2D eigenvalue weighted by atomic mass is 79.9. The van der Waals surface area contributed by atoms with E-state index < -0.39 is 0 Å². The topological polar surface area (TPSA) is 46.9 Å². The molecule has 0 aliphatic heterocycles. The molecule has 90 valence electrons. The summed E-state index contributed by atoms with van der Waals surface area (Å²) >= 11 is 5.10. The van der Waals surface area contributed by atoms with Crippen molar-refractivity contribution in [2.45, 2.75) is 19.4 Å². The summed E-state index contributed by atoms with van der Waals surface area (Å²) in [6, 6.07) is 0.331. The molecule has 0 spiro atoms. The van der Waals surface area contributed by atoms with E-state index in [1.165, 1.54) is 4.68 Å². The maximum atomic E-state index is 11.6. The number of nitrogens with zero attached hydrogens (tertiary/aromatic N) is 2. The average molecular weight is 306 g/mol. The second-order valence-electron chi connectivity index (χ2n) is 3.63. The molecule has 1 aromatic heterocycles. The number of hydrogen-bond acceptors (Lipinski definition) is 4. The molecule has 1 rings (SSSR count). The van der Waals surface area contributed by atoms with Crippen LogP contribution in [-0.2, 0) is 7.05 Å². The number of aromatic nitrogens is 2. The van der Waals surface area contributed by atoms with Gasteiger partial charge in [-0.15, -0.1) is 0 Å². The molecule has 1 N–H and O–H groups in total. The molecule has 16 heavy (non-hydrogen) atoms. The van der Waals surface area contributed by atoms with Crippen LogP contribution < -0.4 is 10.9 Å². The lowest BCUT2D eigenvalue weighted by Gasteiger charge is -2.15. The molecular formula is C10H16BrN3OS. The van der Waals surface area contributed by atoms with Gasteiger partial charge in [-0.3, -0.25) is 4.79 Å². The normalized spacial score (nSPS) is 12.5. The number of hydrogen-bond donors (Lipinski definition) is 1. The summed E-state index contributed by atoms with van der Waals surface area (Å²) in [5, 5.41) is 7.26. The smallest absolute Gasteiger partial charge is 0.282 e.